The van der Waals surface area contributed by atoms with E-state index >= 15 is 0 Å². The molecule has 6 heteroatoms. The molecule has 1 aliphatic heterocycles. The van der Waals surface area contributed by atoms with Crippen molar-refractivity contribution in [2.24, 2.45) is 5.73 Å². The van der Waals surface area contributed by atoms with Crippen LogP contribution in [-0.4, -0.2) is 43.7 Å². The maximum absolute atomic E-state index is 11.3. The molecule has 1 aromatic carbocycles. The third-order valence-corrected chi connectivity index (χ3v) is 4.75. The van der Waals surface area contributed by atoms with Crippen LogP contribution in [0.5, 0.6) is 0 Å². The monoisotopic (exact) mass is 267 g/mol. The summed E-state index contributed by atoms with van der Waals surface area (Å²) in [4.78, 5) is 2.09. The zero-order valence-corrected chi connectivity index (χ0v) is 10.9. The van der Waals surface area contributed by atoms with E-state index in [1.165, 1.54) is 0 Å². The zero-order valence-electron chi connectivity index (χ0n) is 10.1. The number of nitrogen functional groups attached to an aromatic ring is 1. The highest BCUT2D eigenvalue weighted by atomic mass is 32.2. The van der Waals surface area contributed by atoms with Gasteiger partial charge in [0.2, 0.25) is 0 Å². The predicted molar refractivity (Wildman–Crippen MR) is 71.4 cm³/mol. The van der Waals surface area contributed by atoms with Crippen molar-refractivity contribution in [2.45, 2.75) is 6.54 Å². The molecule has 18 heavy (non-hydrogen) atoms. The van der Waals surface area contributed by atoms with Gasteiger partial charge in [-0.05, 0) is 5.56 Å². The summed E-state index contributed by atoms with van der Waals surface area (Å²) in [6.45, 7) is 1.74. The van der Waals surface area contributed by atoms with E-state index < -0.39 is 9.84 Å². The van der Waals surface area contributed by atoms with Crippen molar-refractivity contribution in [1.82, 2.24) is 4.90 Å². The maximum Gasteiger partial charge on any atom is 0.152 e. The molecule has 0 spiro atoms. The van der Waals surface area contributed by atoms with Crippen LogP contribution < -0.4 is 5.73 Å². The largest absolute Gasteiger partial charge is 0.384 e. The Morgan fingerprint density at radius 1 is 1.28 bits per heavy atom. The van der Waals surface area contributed by atoms with Crippen LogP contribution >= 0.6 is 0 Å². The number of hydrogen-bond acceptors (Lipinski definition) is 4. The van der Waals surface area contributed by atoms with Crippen LogP contribution in [0.3, 0.4) is 0 Å². The lowest BCUT2D eigenvalue weighted by molar-refractivity contribution is 0.287. The number of sulfone groups is 1. The number of nitrogens with one attached hydrogen (secondary N) is 1. The first-order valence-corrected chi connectivity index (χ1v) is 7.65. The highest BCUT2D eigenvalue weighted by Gasteiger charge is 2.22. The molecule has 5 nitrogen and oxygen atoms in total. The van der Waals surface area contributed by atoms with Gasteiger partial charge in [-0.15, -0.1) is 0 Å². The molecular weight excluding hydrogens is 250 g/mol. The second-order valence-corrected chi connectivity index (χ2v) is 6.80. The van der Waals surface area contributed by atoms with E-state index in [9.17, 15) is 8.42 Å². The van der Waals surface area contributed by atoms with Crippen molar-refractivity contribution in [2.75, 3.05) is 24.6 Å². The second kappa shape index (κ2) is 5.07. The number of hydrogen-bond donors (Lipinski definition) is 2. The van der Waals surface area contributed by atoms with Crippen molar-refractivity contribution < 1.29 is 8.42 Å². The van der Waals surface area contributed by atoms with Crippen LogP contribution in [0.4, 0.5) is 0 Å². The fraction of sp³-hybridized carbons (Fsp3) is 0.417. The molecule has 1 aliphatic rings. The topological polar surface area (TPSA) is 87.2 Å². The maximum atomic E-state index is 11.3. The number of benzene rings is 1. The molecule has 0 saturated carbocycles. The Hall–Kier alpha value is -1.40. The molecule has 98 valence electrons. The van der Waals surface area contributed by atoms with Gasteiger partial charge in [-0.3, -0.25) is 10.3 Å². The van der Waals surface area contributed by atoms with Crippen molar-refractivity contribution in [3.05, 3.63) is 35.4 Å². The third kappa shape index (κ3) is 3.08. The first-order chi connectivity index (χ1) is 8.48. The van der Waals surface area contributed by atoms with Crippen molar-refractivity contribution in [3.8, 4) is 0 Å². The molecule has 3 N–H and O–H groups in total. The minimum absolute atomic E-state index is 0.0511. The highest BCUT2D eigenvalue weighted by molar-refractivity contribution is 7.91. The van der Waals surface area contributed by atoms with Crippen molar-refractivity contribution in [1.29, 1.82) is 5.41 Å². The van der Waals surface area contributed by atoms with E-state index in [1.807, 2.05) is 24.3 Å². The molecular formula is C12H17N3O2S. The summed E-state index contributed by atoms with van der Waals surface area (Å²) < 4.78 is 22.7. The molecule has 0 radical (unpaired) electrons. The molecule has 0 aromatic heterocycles. The lowest BCUT2D eigenvalue weighted by Gasteiger charge is -2.27. The quantitative estimate of drug-likeness (QED) is 0.605. The first kappa shape index (κ1) is 13.0. The van der Waals surface area contributed by atoms with Crippen molar-refractivity contribution in [3.63, 3.8) is 0 Å². The standard InChI is InChI=1S/C12H17N3O2S/c13-12(14)11-4-2-1-3-10(11)9-15-5-7-18(16,17)8-6-15/h1-4H,5-9H2,(H3,13,14). The fourth-order valence-corrected chi connectivity index (χ4v) is 3.35. The van der Waals surface area contributed by atoms with E-state index in [0.29, 0.717) is 19.6 Å². The normalized spacial score (nSPS) is 19.6. The summed E-state index contributed by atoms with van der Waals surface area (Å²) in [6, 6.07) is 7.50. The van der Waals surface area contributed by atoms with Gasteiger partial charge >= 0.3 is 0 Å². The Labute approximate surface area is 107 Å². The van der Waals surface area contributed by atoms with E-state index in [1.54, 1.807) is 0 Å². The van der Waals surface area contributed by atoms with Gasteiger partial charge in [-0.2, -0.15) is 0 Å². The Morgan fingerprint density at radius 2 is 1.89 bits per heavy atom. The fourth-order valence-electron chi connectivity index (χ4n) is 2.07. The molecule has 0 unspecified atom stereocenters. The summed E-state index contributed by atoms with van der Waals surface area (Å²) >= 11 is 0. The van der Waals surface area contributed by atoms with Gasteiger partial charge in [-0.25, -0.2) is 8.42 Å². The molecule has 0 aliphatic carbocycles. The summed E-state index contributed by atoms with van der Waals surface area (Å²) in [5.41, 5.74) is 7.24. The van der Waals surface area contributed by atoms with Gasteiger partial charge in [0.25, 0.3) is 0 Å². The third-order valence-electron chi connectivity index (χ3n) is 3.14. The summed E-state index contributed by atoms with van der Waals surface area (Å²) in [5.74, 6) is 0.486. The van der Waals surface area contributed by atoms with E-state index in [-0.39, 0.29) is 17.3 Å². The van der Waals surface area contributed by atoms with Gasteiger partial charge in [0.1, 0.15) is 5.84 Å². The number of amidine groups is 1. The van der Waals surface area contributed by atoms with Crippen molar-refractivity contribution >= 4 is 15.7 Å². The van der Waals surface area contributed by atoms with Gasteiger partial charge in [0, 0.05) is 25.2 Å². The van der Waals surface area contributed by atoms with Gasteiger partial charge in [0.05, 0.1) is 11.5 Å². The smallest absolute Gasteiger partial charge is 0.152 e. The van der Waals surface area contributed by atoms with E-state index in [4.69, 9.17) is 11.1 Å². The Balaban J connectivity index is 2.09. The molecule has 1 fully saturated rings. The molecule has 1 heterocycles. The van der Waals surface area contributed by atoms with E-state index in [2.05, 4.69) is 4.90 Å². The predicted octanol–water partition coefficient (Wildman–Crippen LogP) is 0.201. The van der Waals surface area contributed by atoms with Crippen LogP contribution in [0.2, 0.25) is 0 Å². The molecule has 1 saturated heterocycles. The average molecular weight is 267 g/mol. The summed E-state index contributed by atoms with van der Waals surface area (Å²) in [6.07, 6.45) is 0. The first-order valence-electron chi connectivity index (χ1n) is 5.83. The number of rotatable bonds is 3. The molecule has 0 bridgehead atoms. The average Bonchev–Trinajstić information content (AvgIpc) is 2.32. The van der Waals surface area contributed by atoms with Gasteiger partial charge < -0.3 is 5.73 Å². The lowest BCUT2D eigenvalue weighted by Crippen LogP contribution is -2.40. The Bertz CT molecular complexity index is 540. The molecule has 0 atom stereocenters. The SMILES string of the molecule is N=C(N)c1ccccc1CN1CCS(=O)(=O)CC1. The minimum Gasteiger partial charge on any atom is -0.384 e. The molecule has 0 amide bonds. The Morgan fingerprint density at radius 3 is 2.50 bits per heavy atom. The molecule has 1 aromatic rings. The van der Waals surface area contributed by atoms with Crippen LogP contribution in [-0.2, 0) is 16.4 Å². The number of nitrogens with two attached hydrogens (primary N) is 1. The Kier molecular flexibility index (Phi) is 3.68. The second-order valence-electron chi connectivity index (χ2n) is 4.50. The lowest BCUT2D eigenvalue weighted by atomic mass is 10.1. The van der Waals surface area contributed by atoms with Crippen LogP contribution in [0.25, 0.3) is 0 Å². The minimum atomic E-state index is -2.84. The van der Waals surface area contributed by atoms with Crippen LogP contribution in [0.1, 0.15) is 11.1 Å². The van der Waals surface area contributed by atoms with Gasteiger partial charge in [-0.1, -0.05) is 24.3 Å². The number of nitrogens with zero attached hydrogens (tertiary/aromatic N) is 1. The summed E-state index contributed by atoms with van der Waals surface area (Å²) in [7, 11) is -2.84. The van der Waals surface area contributed by atoms with Crippen LogP contribution in [0.15, 0.2) is 24.3 Å². The van der Waals surface area contributed by atoms with Gasteiger partial charge in [0.15, 0.2) is 9.84 Å². The van der Waals surface area contributed by atoms with E-state index in [0.717, 1.165) is 11.1 Å². The zero-order chi connectivity index (χ0) is 13.2. The summed E-state index contributed by atoms with van der Waals surface area (Å²) in [5, 5.41) is 7.52. The van der Waals surface area contributed by atoms with Crippen LogP contribution in [0, 0.1) is 5.41 Å². The highest BCUT2D eigenvalue weighted by Crippen LogP contribution is 2.13. The molecule has 2 rings (SSSR count).